The topological polar surface area (TPSA) is 43.1 Å². The minimum absolute atomic E-state index is 0.126. The molecule has 92 valence electrons. The standard InChI is InChI=1S/C14H12ClNO2/c1-10-12(9-11-5-3-2-4-6-11)14(16(17)18)8-7-13(10)15/h2-8H,9H2,1H3. The van der Waals surface area contributed by atoms with Crippen LogP contribution in [-0.2, 0) is 6.42 Å². The third kappa shape index (κ3) is 2.51. The van der Waals surface area contributed by atoms with E-state index >= 15 is 0 Å². The first-order chi connectivity index (χ1) is 8.59. The van der Waals surface area contributed by atoms with E-state index < -0.39 is 0 Å². The predicted octanol–water partition coefficient (Wildman–Crippen LogP) is 4.15. The Morgan fingerprint density at radius 1 is 1.17 bits per heavy atom. The van der Waals surface area contributed by atoms with Crippen molar-refractivity contribution in [2.75, 3.05) is 0 Å². The molecule has 2 rings (SSSR count). The second-order valence-electron chi connectivity index (χ2n) is 4.09. The molecule has 0 saturated carbocycles. The Balaban J connectivity index is 2.48. The highest BCUT2D eigenvalue weighted by atomic mass is 35.5. The minimum atomic E-state index is -0.360. The number of hydrogen-bond donors (Lipinski definition) is 0. The summed E-state index contributed by atoms with van der Waals surface area (Å²) < 4.78 is 0. The van der Waals surface area contributed by atoms with Crippen LogP contribution in [0.5, 0.6) is 0 Å². The third-order valence-electron chi connectivity index (χ3n) is 2.93. The third-order valence-corrected chi connectivity index (χ3v) is 3.34. The molecular weight excluding hydrogens is 250 g/mol. The number of hydrogen-bond acceptors (Lipinski definition) is 2. The van der Waals surface area contributed by atoms with Gasteiger partial charge in [0.2, 0.25) is 0 Å². The van der Waals surface area contributed by atoms with Crippen LogP contribution in [0.2, 0.25) is 5.02 Å². The van der Waals surface area contributed by atoms with E-state index in [1.807, 2.05) is 37.3 Å². The Bertz CT molecular complexity index is 582. The maximum Gasteiger partial charge on any atom is 0.273 e. The molecular formula is C14H12ClNO2. The van der Waals surface area contributed by atoms with Crippen LogP contribution in [0.15, 0.2) is 42.5 Å². The molecule has 0 aromatic heterocycles. The van der Waals surface area contributed by atoms with Gasteiger partial charge in [0.15, 0.2) is 0 Å². The first-order valence-electron chi connectivity index (χ1n) is 5.56. The van der Waals surface area contributed by atoms with E-state index in [-0.39, 0.29) is 10.6 Å². The molecule has 0 heterocycles. The normalized spacial score (nSPS) is 10.3. The lowest BCUT2D eigenvalue weighted by Gasteiger charge is -2.08. The van der Waals surface area contributed by atoms with Gasteiger partial charge in [-0.2, -0.15) is 0 Å². The summed E-state index contributed by atoms with van der Waals surface area (Å²) in [5, 5.41) is 11.6. The lowest BCUT2D eigenvalue weighted by atomic mass is 9.99. The van der Waals surface area contributed by atoms with E-state index in [2.05, 4.69) is 0 Å². The highest BCUT2D eigenvalue weighted by Gasteiger charge is 2.17. The molecule has 0 atom stereocenters. The van der Waals surface area contributed by atoms with Crippen molar-refractivity contribution in [3.05, 3.63) is 74.3 Å². The fourth-order valence-electron chi connectivity index (χ4n) is 1.91. The number of nitrogens with zero attached hydrogens (tertiary/aromatic N) is 1. The van der Waals surface area contributed by atoms with Crippen molar-refractivity contribution in [3.8, 4) is 0 Å². The van der Waals surface area contributed by atoms with Crippen molar-refractivity contribution in [1.29, 1.82) is 0 Å². The van der Waals surface area contributed by atoms with Gasteiger partial charge in [-0.05, 0) is 24.1 Å². The second-order valence-corrected chi connectivity index (χ2v) is 4.50. The molecule has 0 amide bonds. The first-order valence-corrected chi connectivity index (χ1v) is 5.93. The van der Waals surface area contributed by atoms with Gasteiger partial charge in [0.1, 0.15) is 0 Å². The second kappa shape index (κ2) is 5.19. The zero-order valence-corrected chi connectivity index (χ0v) is 10.6. The summed E-state index contributed by atoms with van der Waals surface area (Å²) in [6, 6.07) is 12.7. The fourth-order valence-corrected chi connectivity index (χ4v) is 2.09. The van der Waals surface area contributed by atoms with Crippen molar-refractivity contribution in [3.63, 3.8) is 0 Å². The van der Waals surface area contributed by atoms with E-state index in [1.54, 1.807) is 6.07 Å². The molecule has 0 bridgehead atoms. The van der Waals surface area contributed by atoms with Crippen LogP contribution in [0.1, 0.15) is 16.7 Å². The average molecular weight is 262 g/mol. The average Bonchev–Trinajstić information content (AvgIpc) is 2.36. The van der Waals surface area contributed by atoms with Gasteiger partial charge in [0.25, 0.3) is 5.69 Å². The van der Waals surface area contributed by atoms with Crippen molar-refractivity contribution in [2.24, 2.45) is 0 Å². The van der Waals surface area contributed by atoms with Crippen molar-refractivity contribution < 1.29 is 4.92 Å². The summed E-state index contributed by atoms with van der Waals surface area (Å²) >= 11 is 6.03. The zero-order valence-electron chi connectivity index (χ0n) is 9.89. The van der Waals surface area contributed by atoms with Crippen LogP contribution < -0.4 is 0 Å². The zero-order chi connectivity index (χ0) is 13.1. The van der Waals surface area contributed by atoms with Crippen LogP contribution in [0, 0.1) is 17.0 Å². The van der Waals surface area contributed by atoms with Crippen LogP contribution in [-0.4, -0.2) is 4.92 Å². The molecule has 0 spiro atoms. The highest BCUT2D eigenvalue weighted by molar-refractivity contribution is 6.31. The SMILES string of the molecule is Cc1c(Cl)ccc([N+](=O)[O-])c1Cc1ccccc1. The molecule has 3 nitrogen and oxygen atoms in total. The Hall–Kier alpha value is -1.87. The summed E-state index contributed by atoms with van der Waals surface area (Å²) in [4.78, 5) is 10.7. The summed E-state index contributed by atoms with van der Waals surface area (Å²) in [7, 11) is 0. The molecule has 2 aromatic carbocycles. The van der Waals surface area contributed by atoms with Gasteiger partial charge in [-0.25, -0.2) is 0 Å². The van der Waals surface area contributed by atoms with Gasteiger partial charge in [-0.15, -0.1) is 0 Å². The number of rotatable bonds is 3. The van der Waals surface area contributed by atoms with Gasteiger partial charge in [0, 0.05) is 23.1 Å². The molecule has 18 heavy (non-hydrogen) atoms. The summed E-state index contributed by atoms with van der Waals surface area (Å²) in [6.07, 6.45) is 0.517. The molecule has 0 fully saturated rings. The van der Waals surface area contributed by atoms with E-state index in [0.29, 0.717) is 17.0 Å². The van der Waals surface area contributed by atoms with Crippen molar-refractivity contribution in [1.82, 2.24) is 0 Å². The van der Waals surface area contributed by atoms with Gasteiger partial charge in [-0.1, -0.05) is 41.9 Å². The lowest BCUT2D eigenvalue weighted by molar-refractivity contribution is -0.385. The fraction of sp³-hybridized carbons (Fsp3) is 0.143. The molecule has 0 unspecified atom stereocenters. The monoisotopic (exact) mass is 261 g/mol. The smallest absolute Gasteiger partial charge is 0.258 e. The van der Waals surface area contributed by atoms with Crippen LogP contribution in [0.4, 0.5) is 5.69 Å². The molecule has 4 heteroatoms. The van der Waals surface area contributed by atoms with Gasteiger partial charge >= 0.3 is 0 Å². The largest absolute Gasteiger partial charge is 0.273 e. The van der Waals surface area contributed by atoms with Crippen LogP contribution in [0.3, 0.4) is 0 Å². The van der Waals surface area contributed by atoms with E-state index in [4.69, 9.17) is 11.6 Å². The van der Waals surface area contributed by atoms with Crippen LogP contribution >= 0.6 is 11.6 Å². The molecule has 0 aliphatic heterocycles. The quantitative estimate of drug-likeness (QED) is 0.615. The molecule has 0 aliphatic carbocycles. The summed E-state index contributed by atoms with van der Waals surface area (Å²) in [5.41, 5.74) is 2.61. The molecule has 2 aromatic rings. The molecule has 0 saturated heterocycles. The predicted molar refractivity (Wildman–Crippen MR) is 72.1 cm³/mol. The Kier molecular flexibility index (Phi) is 3.63. The number of nitro benzene ring substituents is 1. The van der Waals surface area contributed by atoms with Gasteiger partial charge < -0.3 is 0 Å². The molecule has 0 N–H and O–H groups in total. The lowest BCUT2D eigenvalue weighted by Crippen LogP contribution is -2.00. The maximum atomic E-state index is 11.0. The first kappa shape index (κ1) is 12.6. The Morgan fingerprint density at radius 3 is 2.44 bits per heavy atom. The Labute approximate surface area is 110 Å². The Morgan fingerprint density at radius 2 is 1.83 bits per heavy atom. The van der Waals surface area contributed by atoms with E-state index in [9.17, 15) is 10.1 Å². The van der Waals surface area contributed by atoms with Crippen molar-refractivity contribution in [2.45, 2.75) is 13.3 Å². The number of halogens is 1. The number of nitro groups is 1. The molecule has 0 radical (unpaired) electrons. The summed E-state index contributed by atoms with van der Waals surface area (Å²) in [6.45, 7) is 1.81. The number of benzene rings is 2. The van der Waals surface area contributed by atoms with Gasteiger partial charge in [0.05, 0.1) is 4.92 Å². The summed E-state index contributed by atoms with van der Waals surface area (Å²) in [5.74, 6) is 0. The maximum absolute atomic E-state index is 11.0. The van der Waals surface area contributed by atoms with Crippen molar-refractivity contribution >= 4 is 17.3 Å². The highest BCUT2D eigenvalue weighted by Crippen LogP contribution is 2.29. The van der Waals surface area contributed by atoms with Crippen LogP contribution in [0.25, 0.3) is 0 Å². The minimum Gasteiger partial charge on any atom is -0.258 e. The van der Waals surface area contributed by atoms with Gasteiger partial charge in [-0.3, -0.25) is 10.1 Å². The van der Waals surface area contributed by atoms with E-state index in [0.717, 1.165) is 11.1 Å². The van der Waals surface area contributed by atoms with E-state index in [1.165, 1.54) is 6.07 Å². The molecule has 0 aliphatic rings.